The van der Waals surface area contributed by atoms with E-state index < -0.39 is 10.0 Å². The van der Waals surface area contributed by atoms with Crippen LogP contribution in [0.4, 0.5) is 5.95 Å². The van der Waals surface area contributed by atoms with Crippen LogP contribution in [-0.2, 0) is 15.4 Å². The van der Waals surface area contributed by atoms with Crippen molar-refractivity contribution in [3.05, 3.63) is 48.3 Å². The maximum atomic E-state index is 12.5. The van der Waals surface area contributed by atoms with Crippen molar-refractivity contribution in [1.82, 2.24) is 19.6 Å². The van der Waals surface area contributed by atoms with Gasteiger partial charge in [-0.2, -0.15) is 0 Å². The lowest BCUT2D eigenvalue weighted by Crippen LogP contribution is -2.47. The predicted molar refractivity (Wildman–Crippen MR) is 116 cm³/mol. The molecule has 0 amide bonds. The third-order valence-electron chi connectivity index (χ3n) is 5.18. The molecule has 0 unspecified atom stereocenters. The first kappa shape index (κ1) is 21.7. The van der Waals surface area contributed by atoms with E-state index in [2.05, 4.69) is 45.3 Å². The molecule has 1 aliphatic heterocycles. The van der Waals surface area contributed by atoms with E-state index in [4.69, 9.17) is 0 Å². The molecule has 3 rings (SSSR count). The van der Waals surface area contributed by atoms with E-state index in [1.54, 1.807) is 24.5 Å². The van der Waals surface area contributed by atoms with Crippen LogP contribution in [0, 0.1) is 0 Å². The van der Waals surface area contributed by atoms with Crippen LogP contribution in [0.2, 0.25) is 0 Å². The zero-order valence-electron chi connectivity index (χ0n) is 17.5. The van der Waals surface area contributed by atoms with Gasteiger partial charge in [0.05, 0.1) is 4.90 Å². The summed E-state index contributed by atoms with van der Waals surface area (Å²) >= 11 is 0. The van der Waals surface area contributed by atoms with Gasteiger partial charge in [0, 0.05) is 45.1 Å². The highest BCUT2D eigenvalue weighted by molar-refractivity contribution is 7.89. The summed E-state index contributed by atoms with van der Waals surface area (Å²) in [5, 5.41) is 0. The van der Waals surface area contributed by atoms with Crippen molar-refractivity contribution in [3.8, 4) is 0 Å². The number of rotatable bonds is 7. The van der Waals surface area contributed by atoms with Crippen LogP contribution in [0.25, 0.3) is 0 Å². The van der Waals surface area contributed by atoms with Crippen molar-refractivity contribution in [2.45, 2.75) is 37.5 Å². The van der Waals surface area contributed by atoms with Crippen molar-refractivity contribution in [3.63, 3.8) is 0 Å². The molecule has 0 aliphatic carbocycles. The van der Waals surface area contributed by atoms with Gasteiger partial charge in [0.1, 0.15) is 0 Å². The van der Waals surface area contributed by atoms with E-state index in [1.165, 1.54) is 0 Å². The molecule has 1 aliphatic rings. The second kappa shape index (κ2) is 9.19. The molecule has 0 bridgehead atoms. The average molecular weight is 418 g/mol. The lowest BCUT2D eigenvalue weighted by atomic mass is 9.87. The molecule has 1 aromatic carbocycles. The molecule has 8 heteroatoms. The Morgan fingerprint density at radius 3 is 2.21 bits per heavy atom. The second-order valence-electron chi connectivity index (χ2n) is 8.40. The summed E-state index contributed by atoms with van der Waals surface area (Å²) < 4.78 is 27.7. The zero-order valence-corrected chi connectivity index (χ0v) is 18.3. The highest BCUT2D eigenvalue weighted by Gasteiger charge is 2.19. The van der Waals surface area contributed by atoms with Crippen molar-refractivity contribution in [2.24, 2.45) is 0 Å². The largest absolute Gasteiger partial charge is 0.338 e. The summed E-state index contributed by atoms with van der Waals surface area (Å²) in [4.78, 5) is 13.4. The average Bonchev–Trinajstić information content (AvgIpc) is 2.72. The SMILES string of the molecule is CC(C)(C)c1ccc(S(=O)(=O)NCCCN2CCN(c3ncccn3)CC2)cc1. The van der Waals surface area contributed by atoms with E-state index in [-0.39, 0.29) is 5.41 Å². The minimum Gasteiger partial charge on any atom is -0.338 e. The summed E-state index contributed by atoms with van der Waals surface area (Å²) in [5.74, 6) is 0.775. The Bertz CT molecular complexity index is 872. The summed E-state index contributed by atoms with van der Waals surface area (Å²) in [6, 6.07) is 8.98. The van der Waals surface area contributed by atoms with Gasteiger partial charge in [0.25, 0.3) is 0 Å². The second-order valence-corrected chi connectivity index (χ2v) is 10.2. The number of nitrogens with zero attached hydrogens (tertiary/aromatic N) is 4. The van der Waals surface area contributed by atoms with Gasteiger partial charge in [0.2, 0.25) is 16.0 Å². The van der Waals surface area contributed by atoms with Gasteiger partial charge >= 0.3 is 0 Å². The van der Waals surface area contributed by atoms with Crippen LogP contribution in [0.3, 0.4) is 0 Å². The van der Waals surface area contributed by atoms with Crippen LogP contribution in [0.15, 0.2) is 47.6 Å². The number of piperazine rings is 1. The topological polar surface area (TPSA) is 78.4 Å². The third kappa shape index (κ3) is 5.98. The van der Waals surface area contributed by atoms with Crippen molar-refractivity contribution < 1.29 is 8.42 Å². The van der Waals surface area contributed by atoms with Crippen molar-refractivity contribution in [1.29, 1.82) is 0 Å². The maximum absolute atomic E-state index is 12.5. The minimum absolute atomic E-state index is 0.00633. The van der Waals surface area contributed by atoms with Gasteiger partial charge in [-0.15, -0.1) is 0 Å². The summed E-state index contributed by atoms with van der Waals surface area (Å²) in [6.45, 7) is 11.3. The fraction of sp³-hybridized carbons (Fsp3) is 0.524. The number of hydrogen-bond acceptors (Lipinski definition) is 6. The Morgan fingerprint density at radius 2 is 1.62 bits per heavy atom. The number of nitrogens with one attached hydrogen (secondary N) is 1. The lowest BCUT2D eigenvalue weighted by Gasteiger charge is -2.34. The Morgan fingerprint density at radius 1 is 1.00 bits per heavy atom. The molecule has 2 heterocycles. The molecular formula is C21H31N5O2S. The maximum Gasteiger partial charge on any atom is 0.240 e. The Kier molecular flexibility index (Phi) is 6.87. The monoisotopic (exact) mass is 417 g/mol. The molecule has 0 atom stereocenters. The Balaban J connectivity index is 1.41. The van der Waals surface area contributed by atoms with E-state index in [1.807, 2.05) is 18.2 Å². The highest BCUT2D eigenvalue weighted by atomic mass is 32.2. The summed E-state index contributed by atoms with van der Waals surface area (Å²) in [5.41, 5.74) is 1.13. The fourth-order valence-corrected chi connectivity index (χ4v) is 4.43. The van der Waals surface area contributed by atoms with Crippen molar-refractivity contribution >= 4 is 16.0 Å². The molecule has 1 saturated heterocycles. The normalized spacial score (nSPS) is 16.2. The fourth-order valence-electron chi connectivity index (χ4n) is 3.35. The first-order chi connectivity index (χ1) is 13.8. The Hall–Kier alpha value is -2.03. The van der Waals surface area contributed by atoms with Crippen LogP contribution in [0.1, 0.15) is 32.8 Å². The first-order valence-corrected chi connectivity index (χ1v) is 11.6. The summed E-state index contributed by atoms with van der Waals surface area (Å²) in [6.07, 6.45) is 4.30. The molecule has 29 heavy (non-hydrogen) atoms. The van der Waals surface area contributed by atoms with Crippen LogP contribution in [-0.4, -0.2) is 62.6 Å². The number of sulfonamides is 1. The van der Waals surface area contributed by atoms with Crippen LogP contribution >= 0.6 is 0 Å². The molecule has 1 N–H and O–H groups in total. The van der Waals surface area contributed by atoms with Gasteiger partial charge in [-0.25, -0.2) is 23.1 Å². The minimum atomic E-state index is -3.46. The molecule has 0 spiro atoms. The highest BCUT2D eigenvalue weighted by Crippen LogP contribution is 2.23. The standard InChI is InChI=1S/C21H31N5O2S/c1-21(2,3)18-6-8-19(9-7-18)29(27,28)24-12-5-13-25-14-16-26(17-15-25)20-22-10-4-11-23-20/h4,6-11,24H,5,12-17H2,1-3H3. The molecule has 1 fully saturated rings. The molecule has 1 aromatic heterocycles. The number of anilines is 1. The zero-order chi connectivity index (χ0) is 20.9. The molecule has 2 aromatic rings. The van der Waals surface area contributed by atoms with E-state index in [0.717, 1.165) is 50.7 Å². The third-order valence-corrected chi connectivity index (χ3v) is 6.66. The molecule has 7 nitrogen and oxygen atoms in total. The smallest absolute Gasteiger partial charge is 0.240 e. The van der Waals surface area contributed by atoms with Crippen molar-refractivity contribution in [2.75, 3.05) is 44.2 Å². The number of hydrogen-bond donors (Lipinski definition) is 1. The molecular weight excluding hydrogens is 386 g/mol. The molecule has 0 radical (unpaired) electrons. The predicted octanol–water partition coefficient (Wildman–Crippen LogP) is 2.26. The van der Waals surface area contributed by atoms with Gasteiger partial charge < -0.3 is 4.90 Å². The Labute approximate surface area is 174 Å². The van der Waals surface area contributed by atoms with Crippen LogP contribution in [0.5, 0.6) is 0 Å². The van der Waals surface area contributed by atoms with Gasteiger partial charge in [-0.1, -0.05) is 32.9 Å². The molecule has 0 saturated carbocycles. The quantitative estimate of drug-likeness (QED) is 0.697. The van der Waals surface area contributed by atoms with Gasteiger partial charge in [0.15, 0.2) is 0 Å². The number of aromatic nitrogens is 2. The number of benzene rings is 1. The van der Waals surface area contributed by atoms with Gasteiger partial charge in [-0.05, 0) is 42.1 Å². The van der Waals surface area contributed by atoms with E-state index in [0.29, 0.717) is 11.4 Å². The summed E-state index contributed by atoms with van der Waals surface area (Å²) in [7, 11) is -3.46. The first-order valence-electron chi connectivity index (χ1n) is 10.1. The van der Waals surface area contributed by atoms with Gasteiger partial charge in [-0.3, -0.25) is 4.90 Å². The lowest BCUT2D eigenvalue weighted by molar-refractivity contribution is 0.254. The molecule has 158 valence electrons. The van der Waals surface area contributed by atoms with Crippen LogP contribution < -0.4 is 9.62 Å². The van der Waals surface area contributed by atoms with E-state index >= 15 is 0 Å². The van der Waals surface area contributed by atoms with E-state index in [9.17, 15) is 8.42 Å².